The van der Waals surface area contributed by atoms with Crippen LogP contribution in [0.1, 0.15) is 26.5 Å². The van der Waals surface area contributed by atoms with Crippen molar-refractivity contribution < 1.29 is 19.4 Å². The predicted octanol–water partition coefficient (Wildman–Crippen LogP) is 1.98. The summed E-state index contributed by atoms with van der Waals surface area (Å²) >= 11 is 0. The molecular weight excluding hydrogens is 210 g/mol. The first kappa shape index (κ1) is 16.6. The van der Waals surface area contributed by atoms with Gasteiger partial charge in [-0.3, -0.25) is 9.59 Å². The quantitative estimate of drug-likeness (QED) is 0.722. The molecule has 0 bridgehead atoms. The molecule has 0 aromatic carbocycles. The average molecular weight is 229 g/mol. The molecule has 92 valence electrons. The first-order chi connectivity index (χ1) is 7.37. The molecule has 0 aliphatic heterocycles. The van der Waals surface area contributed by atoms with E-state index in [2.05, 4.69) is 9.72 Å². The van der Waals surface area contributed by atoms with Crippen LogP contribution in [-0.2, 0) is 14.3 Å². The van der Waals surface area contributed by atoms with Crippen LogP contribution in [0, 0.1) is 6.92 Å². The monoisotopic (exact) mass is 229 g/mol. The Kier molecular flexibility index (Phi) is 10.2. The summed E-state index contributed by atoms with van der Waals surface area (Å²) in [6, 6.07) is 4.01. The van der Waals surface area contributed by atoms with Crippen molar-refractivity contribution in [2.75, 3.05) is 0 Å². The molecule has 0 atom stereocenters. The number of aromatic nitrogens is 1. The van der Waals surface area contributed by atoms with Crippen molar-refractivity contribution in [3.05, 3.63) is 24.0 Å². The fraction of sp³-hybridized carbons (Fsp3) is 0.455. The van der Waals surface area contributed by atoms with Gasteiger partial charge >= 0.3 is 0 Å². The van der Waals surface area contributed by atoms with Gasteiger partial charge in [-0.2, -0.15) is 0 Å². The summed E-state index contributed by atoms with van der Waals surface area (Å²) in [5, 5.41) is 6.89. The van der Waals surface area contributed by atoms with Crippen LogP contribution >= 0.6 is 0 Å². The number of rotatable bonds is 1. The van der Waals surface area contributed by atoms with Gasteiger partial charge in [0.1, 0.15) is 5.60 Å². The lowest BCUT2D eigenvalue weighted by molar-refractivity contribution is -0.138. The van der Waals surface area contributed by atoms with E-state index in [-0.39, 0.29) is 12.1 Å². The molecule has 0 saturated heterocycles. The van der Waals surface area contributed by atoms with E-state index in [4.69, 9.17) is 9.90 Å². The molecule has 1 heterocycles. The zero-order chi connectivity index (χ0) is 13.0. The molecule has 0 unspecified atom stereocenters. The molecule has 0 aliphatic carbocycles. The van der Waals surface area contributed by atoms with Crippen LogP contribution in [-0.4, -0.2) is 28.6 Å². The molecule has 0 fully saturated rings. The van der Waals surface area contributed by atoms with Crippen molar-refractivity contribution in [2.24, 2.45) is 0 Å². The highest BCUT2D eigenvalue weighted by Gasteiger charge is 2.07. The number of hydrogen-bond acceptors (Lipinski definition) is 3. The van der Waals surface area contributed by atoms with Crippen LogP contribution < -0.4 is 0 Å². The average Bonchev–Trinajstić information content (AvgIpc) is 2.56. The topological polar surface area (TPSA) is 79.4 Å². The van der Waals surface area contributed by atoms with Crippen LogP contribution in [0.5, 0.6) is 0 Å². The standard InChI is InChI=1S/C5H7N.C5H10O2.CH2O2/c1-5-3-2-4-6-5;1-5(2,3)7-4-6;2-1-3/h2-4,6H,1H3;4H,1-3H3;1H,(H,2,3). The number of hydrogen-bond donors (Lipinski definition) is 2. The van der Waals surface area contributed by atoms with Crippen molar-refractivity contribution in [1.29, 1.82) is 0 Å². The number of aromatic amines is 1. The predicted molar refractivity (Wildman–Crippen MR) is 61.1 cm³/mol. The Morgan fingerprint density at radius 2 is 1.88 bits per heavy atom. The molecule has 0 saturated carbocycles. The maximum atomic E-state index is 9.60. The zero-order valence-electron chi connectivity index (χ0n) is 10.1. The number of ether oxygens (including phenoxy) is 1. The maximum Gasteiger partial charge on any atom is 0.293 e. The minimum Gasteiger partial charge on any atom is -0.483 e. The highest BCUT2D eigenvalue weighted by molar-refractivity contribution is 5.37. The molecule has 5 nitrogen and oxygen atoms in total. The van der Waals surface area contributed by atoms with Gasteiger partial charge in [-0.05, 0) is 39.8 Å². The maximum absolute atomic E-state index is 9.60. The summed E-state index contributed by atoms with van der Waals surface area (Å²) in [7, 11) is 0. The third-order valence-electron chi connectivity index (χ3n) is 1.16. The first-order valence-electron chi connectivity index (χ1n) is 4.66. The van der Waals surface area contributed by atoms with Crippen molar-refractivity contribution in [1.82, 2.24) is 4.98 Å². The van der Waals surface area contributed by atoms with Gasteiger partial charge in [0.05, 0.1) is 0 Å². The van der Waals surface area contributed by atoms with E-state index in [0.717, 1.165) is 0 Å². The van der Waals surface area contributed by atoms with Crippen molar-refractivity contribution in [3.63, 3.8) is 0 Å². The first-order valence-corrected chi connectivity index (χ1v) is 4.66. The lowest BCUT2D eigenvalue weighted by atomic mass is 10.2. The zero-order valence-corrected chi connectivity index (χ0v) is 10.1. The summed E-state index contributed by atoms with van der Waals surface area (Å²) in [5.41, 5.74) is 0.900. The van der Waals surface area contributed by atoms with Crippen LogP contribution in [0.4, 0.5) is 0 Å². The Morgan fingerprint density at radius 1 is 1.38 bits per heavy atom. The van der Waals surface area contributed by atoms with Crippen LogP contribution in [0.2, 0.25) is 0 Å². The van der Waals surface area contributed by atoms with E-state index in [0.29, 0.717) is 6.47 Å². The van der Waals surface area contributed by atoms with E-state index in [1.54, 1.807) is 0 Å². The van der Waals surface area contributed by atoms with Crippen molar-refractivity contribution in [2.45, 2.75) is 33.3 Å². The van der Waals surface area contributed by atoms with Crippen molar-refractivity contribution >= 4 is 12.9 Å². The molecule has 0 amide bonds. The van der Waals surface area contributed by atoms with Gasteiger partial charge in [-0.1, -0.05) is 0 Å². The van der Waals surface area contributed by atoms with Gasteiger partial charge < -0.3 is 14.8 Å². The SMILES string of the molecule is CC(C)(C)OC=O.Cc1ccc[nH]1.O=CO. The molecule has 0 radical (unpaired) electrons. The van der Waals surface area contributed by atoms with Gasteiger partial charge in [0.25, 0.3) is 12.9 Å². The van der Waals surface area contributed by atoms with Gasteiger partial charge in [0.2, 0.25) is 0 Å². The second kappa shape index (κ2) is 9.76. The summed E-state index contributed by atoms with van der Waals surface area (Å²) in [5.74, 6) is 0. The van der Waals surface area contributed by atoms with E-state index < -0.39 is 0 Å². The Labute approximate surface area is 95.4 Å². The molecule has 0 spiro atoms. The fourth-order valence-electron chi connectivity index (χ4n) is 0.564. The van der Waals surface area contributed by atoms with Gasteiger partial charge in [-0.15, -0.1) is 0 Å². The van der Waals surface area contributed by atoms with E-state index in [9.17, 15) is 4.79 Å². The second-order valence-corrected chi connectivity index (χ2v) is 3.78. The minimum atomic E-state index is -0.318. The molecule has 0 aliphatic rings. The number of H-pyrrole nitrogens is 1. The number of aryl methyl sites for hydroxylation is 1. The van der Waals surface area contributed by atoms with Gasteiger partial charge in [-0.25, -0.2) is 0 Å². The Hall–Kier alpha value is -1.78. The molecule has 2 N–H and O–H groups in total. The molecule has 1 aromatic heterocycles. The number of nitrogens with one attached hydrogen (secondary N) is 1. The summed E-state index contributed by atoms with van der Waals surface area (Å²) < 4.78 is 4.55. The van der Waals surface area contributed by atoms with Crippen molar-refractivity contribution in [3.8, 4) is 0 Å². The lowest BCUT2D eigenvalue weighted by Crippen LogP contribution is -2.17. The smallest absolute Gasteiger partial charge is 0.293 e. The summed E-state index contributed by atoms with van der Waals surface area (Å²) in [4.78, 5) is 21.0. The third-order valence-corrected chi connectivity index (χ3v) is 1.16. The van der Waals surface area contributed by atoms with Gasteiger partial charge in [0.15, 0.2) is 0 Å². The highest BCUT2D eigenvalue weighted by atomic mass is 16.5. The van der Waals surface area contributed by atoms with Crippen LogP contribution in [0.15, 0.2) is 18.3 Å². The Bertz CT molecular complexity index is 262. The van der Waals surface area contributed by atoms with Crippen LogP contribution in [0.3, 0.4) is 0 Å². The second-order valence-electron chi connectivity index (χ2n) is 3.78. The lowest BCUT2D eigenvalue weighted by Gasteiger charge is -2.14. The number of carbonyl (C=O) groups excluding carboxylic acids is 1. The highest BCUT2D eigenvalue weighted by Crippen LogP contribution is 2.02. The Morgan fingerprint density at radius 3 is 1.94 bits per heavy atom. The molecule has 1 aromatic rings. The van der Waals surface area contributed by atoms with Crippen LogP contribution in [0.25, 0.3) is 0 Å². The molecular formula is C11H19NO4. The summed E-state index contributed by atoms with van der Waals surface area (Å²) in [6.07, 6.45) is 1.91. The minimum absolute atomic E-state index is 0.250. The molecule has 5 heteroatoms. The normalized spacial score (nSPS) is 8.75. The third kappa shape index (κ3) is 18.1. The molecule has 1 rings (SSSR count). The number of carboxylic acid groups (broad SMARTS) is 1. The van der Waals surface area contributed by atoms with E-state index in [1.165, 1.54) is 5.69 Å². The largest absolute Gasteiger partial charge is 0.483 e. The summed E-state index contributed by atoms with van der Waals surface area (Å²) in [6.45, 7) is 7.70. The van der Waals surface area contributed by atoms with E-state index >= 15 is 0 Å². The fourth-order valence-corrected chi connectivity index (χ4v) is 0.564. The Balaban J connectivity index is 0. The number of carbonyl (C=O) groups is 2. The van der Waals surface area contributed by atoms with Gasteiger partial charge in [0, 0.05) is 11.9 Å². The molecule has 16 heavy (non-hydrogen) atoms. The van der Waals surface area contributed by atoms with E-state index in [1.807, 2.05) is 46.0 Å².